The fourth-order valence-corrected chi connectivity index (χ4v) is 4.98. The molecule has 0 radical (unpaired) electrons. The third-order valence-corrected chi connectivity index (χ3v) is 5.81. The Morgan fingerprint density at radius 2 is 2.16 bits per heavy atom. The summed E-state index contributed by atoms with van der Waals surface area (Å²) in [6.07, 6.45) is 0.572. The van der Waals surface area contributed by atoms with E-state index in [1.54, 1.807) is 34.4 Å². The zero-order chi connectivity index (χ0) is 13.1. The molecular weight excluding hydrogens is 298 g/mol. The molecular formula is C13H11NO2S3. The van der Waals surface area contributed by atoms with E-state index < -0.39 is 0 Å². The minimum Gasteiger partial charge on any atom is -0.485 e. The first-order valence-corrected chi connectivity index (χ1v) is 8.59. The lowest BCUT2D eigenvalue weighted by Crippen LogP contribution is -2.14. The molecule has 0 spiro atoms. The van der Waals surface area contributed by atoms with E-state index >= 15 is 0 Å². The van der Waals surface area contributed by atoms with Crippen LogP contribution in [0.15, 0.2) is 21.7 Å². The molecule has 0 fully saturated rings. The van der Waals surface area contributed by atoms with Crippen LogP contribution in [-0.2, 0) is 0 Å². The lowest BCUT2D eigenvalue weighted by Gasteiger charge is -2.16. The summed E-state index contributed by atoms with van der Waals surface area (Å²) < 4.78 is 11.3. The van der Waals surface area contributed by atoms with Crippen molar-refractivity contribution in [2.75, 3.05) is 19.0 Å². The highest BCUT2D eigenvalue weighted by atomic mass is 32.2. The van der Waals surface area contributed by atoms with Gasteiger partial charge in [0.1, 0.15) is 13.2 Å². The number of thiophene rings is 2. The van der Waals surface area contributed by atoms with Gasteiger partial charge in [0.05, 0.1) is 15.8 Å². The van der Waals surface area contributed by atoms with E-state index in [-0.39, 0.29) is 0 Å². The number of ether oxygens (including phenoxy) is 2. The molecule has 0 saturated carbocycles. The summed E-state index contributed by atoms with van der Waals surface area (Å²) >= 11 is 5.09. The predicted octanol–water partition coefficient (Wildman–Crippen LogP) is 4.25. The van der Waals surface area contributed by atoms with Gasteiger partial charge in [0, 0.05) is 22.4 Å². The second kappa shape index (κ2) is 5.87. The number of hydrogen-bond donors (Lipinski definition) is 0. The fraction of sp³-hybridized carbons (Fsp3) is 0.308. The molecule has 0 aliphatic carbocycles. The number of thioether (sulfide) groups is 1. The van der Waals surface area contributed by atoms with Crippen LogP contribution in [0.5, 0.6) is 11.5 Å². The molecule has 6 heteroatoms. The highest BCUT2D eigenvalue weighted by Gasteiger charge is 2.22. The third kappa shape index (κ3) is 2.59. The van der Waals surface area contributed by atoms with E-state index in [1.807, 2.05) is 5.38 Å². The molecule has 98 valence electrons. The minimum absolute atomic E-state index is 0.572. The lowest BCUT2D eigenvalue weighted by atomic mass is 10.3. The van der Waals surface area contributed by atoms with E-state index in [9.17, 15) is 0 Å². The van der Waals surface area contributed by atoms with Gasteiger partial charge in [0.15, 0.2) is 11.5 Å². The molecule has 0 N–H and O–H groups in total. The van der Waals surface area contributed by atoms with Crippen LogP contribution < -0.4 is 9.47 Å². The van der Waals surface area contributed by atoms with Gasteiger partial charge < -0.3 is 9.47 Å². The second-order valence-electron chi connectivity index (χ2n) is 3.83. The SMILES string of the molecule is N#CCCSc1ccsc1-c1scc2c1OCCO2. The highest BCUT2D eigenvalue weighted by Crippen LogP contribution is 2.49. The van der Waals surface area contributed by atoms with Crippen molar-refractivity contribution in [3.05, 3.63) is 16.8 Å². The van der Waals surface area contributed by atoms with Gasteiger partial charge in [-0.1, -0.05) is 0 Å². The first-order valence-electron chi connectivity index (χ1n) is 5.85. The van der Waals surface area contributed by atoms with Gasteiger partial charge in [-0.05, 0) is 11.4 Å². The lowest BCUT2D eigenvalue weighted by molar-refractivity contribution is 0.174. The average Bonchev–Trinajstić information content (AvgIpc) is 3.04. The van der Waals surface area contributed by atoms with Crippen LogP contribution in [0.25, 0.3) is 9.75 Å². The molecule has 2 aromatic rings. The molecule has 2 aromatic heterocycles. The van der Waals surface area contributed by atoms with Crippen molar-refractivity contribution in [1.82, 2.24) is 0 Å². The zero-order valence-corrected chi connectivity index (χ0v) is 12.5. The van der Waals surface area contributed by atoms with Crippen LogP contribution >= 0.6 is 34.4 Å². The third-order valence-electron chi connectivity index (χ3n) is 2.61. The van der Waals surface area contributed by atoms with Crippen LogP contribution in [0, 0.1) is 11.3 Å². The molecule has 0 atom stereocenters. The molecule has 1 aliphatic heterocycles. The quantitative estimate of drug-likeness (QED) is 0.625. The Kier molecular flexibility index (Phi) is 3.97. The maximum absolute atomic E-state index is 8.61. The average molecular weight is 309 g/mol. The van der Waals surface area contributed by atoms with Gasteiger partial charge >= 0.3 is 0 Å². The van der Waals surface area contributed by atoms with E-state index in [0.29, 0.717) is 19.6 Å². The molecule has 0 aromatic carbocycles. The van der Waals surface area contributed by atoms with Gasteiger partial charge in [-0.3, -0.25) is 0 Å². The van der Waals surface area contributed by atoms with Gasteiger partial charge in [0.2, 0.25) is 0 Å². The molecule has 1 aliphatic rings. The molecule has 3 rings (SSSR count). The zero-order valence-electron chi connectivity index (χ0n) is 10.0. The first kappa shape index (κ1) is 12.9. The molecule has 0 saturated heterocycles. The summed E-state index contributed by atoms with van der Waals surface area (Å²) in [5, 5.41) is 12.7. The summed E-state index contributed by atoms with van der Waals surface area (Å²) in [7, 11) is 0. The van der Waals surface area contributed by atoms with Crippen LogP contribution in [0.3, 0.4) is 0 Å². The van der Waals surface area contributed by atoms with Gasteiger partial charge in [0.25, 0.3) is 0 Å². The Labute approximate surface area is 123 Å². The highest BCUT2D eigenvalue weighted by molar-refractivity contribution is 7.99. The number of nitrogens with zero attached hydrogens (tertiary/aromatic N) is 1. The van der Waals surface area contributed by atoms with Gasteiger partial charge in [-0.25, -0.2) is 0 Å². The maximum atomic E-state index is 8.61. The molecule has 0 bridgehead atoms. The van der Waals surface area contributed by atoms with Crippen LogP contribution in [0.2, 0.25) is 0 Å². The van der Waals surface area contributed by atoms with Gasteiger partial charge in [-0.15, -0.1) is 34.4 Å². The topological polar surface area (TPSA) is 42.2 Å². The molecule has 0 unspecified atom stereocenters. The van der Waals surface area contributed by atoms with Crippen molar-refractivity contribution in [1.29, 1.82) is 5.26 Å². The normalized spacial score (nSPS) is 13.2. The second-order valence-corrected chi connectivity index (χ2v) is 6.76. The standard InChI is InChI=1S/C13H11NO2S3/c14-3-1-6-17-10-2-7-18-12(10)13-11-9(8-19-13)15-4-5-16-11/h2,7-8H,1,4-6H2. The van der Waals surface area contributed by atoms with E-state index in [2.05, 4.69) is 17.5 Å². The van der Waals surface area contributed by atoms with Gasteiger partial charge in [-0.2, -0.15) is 5.26 Å². The smallest absolute Gasteiger partial charge is 0.180 e. The molecule has 3 nitrogen and oxygen atoms in total. The number of rotatable bonds is 4. The minimum atomic E-state index is 0.572. The van der Waals surface area contributed by atoms with Crippen LogP contribution in [0.1, 0.15) is 6.42 Å². The van der Waals surface area contributed by atoms with Crippen molar-refractivity contribution in [2.24, 2.45) is 0 Å². The van der Waals surface area contributed by atoms with E-state index in [4.69, 9.17) is 14.7 Å². The van der Waals surface area contributed by atoms with E-state index in [1.165, 1.54) is 9.77 Å². The Hall–Kier alpha value is -1.16. The first-order chi connectivity index (χ1) is 9.40. The predicted molar refractivity (Wildman–Crippen MR) is 79.6 cm³/mol. The number of fused-ring (bicyclic) bond motifs is 1. The summed E-state index contributed by atoms with van der Waals surface area (Å²) in [6.45, 7) is 1.23. The van der Waals surface area contributed by atoms with Crippen LogP contribution in [-0.4, -0.2) is 19.0 Å². The summed E-state index contributed by atoms with van der Waals surface area (Å²) in [5.74, 6) is 2.55. The van der Waals surface area contributed by atoms with Crippen molar-refractivity contribution in [3.63, 3.8) is 0 Å². The Bertz CT molecular complexity index is 612. The van der Waals surface area contributed by atoms with Crippen LogP contribution in [0.4, 0.5) is 0 Å². The molecule has 0 amide bonds. The maximum Gasteiger partial charge on any atom is 0.180 e. The van der Waals surface area contributed by atoms with Crippen molar-refractivity contribution < 1.29 is 9.47 Å². The van der Waals surface area contributed by atoms with Crippen molar-refractivity contribution in [3.8, 4) is 27.3 Å². The van der Waals surface area contributed by atoms with E-state index in [0.717, 1.165) is 22.1 Å². The Morgan fingerprint density at radius 1 is 1.26 bits per heavy atom. The molecule has 3 heterocycles. The Morgan fingerprint density at radius 3 is 3.05 bits per heavy atom. The monoisotopic (exact) mass is 309 g/mol. The Balaban J connectivity index is 1.88. The van der Waals surface area contributed by atoms with Crippen molar-refractivity contribution >= 4 is 34.4 Å². The summed E-state index contributed by atoms with van der Waals surface area (Å²) in [4.78, 5) is 3.59. The number of nitriles is 1. The summed E-state index contributed by atoms with van der Waals surface area (Å²) in [6, 6.07) is 4.28. The number of hydrogen-bond acceptors (Lipinski definition) is 6. The largest absolute Gasteiger partial charge is 0.485 e. The summed E-state index contributed by atoms with van der Waals surface area (Å²) in [5.41, 5.74) is 0. The fourth-order valence-electron chi connectivity index (χ4n) is 1.80. The molecule has 19 heavy (non-hydrogen) atoms. The van der Waals surface area contributed by atoms with Crippen molar-refractivity contribution in [2.45, 2.75) is 11.3 Å².